The number of hydrogen-bond acceptors (Lipinski definition) is 3. The van der Waals surface area contributed by atoms with Crippen molar-refractivity contribution in [1.82, 2.24) is 0 Å². The molecule has 0 saturated heterocycles. The van der Waals surface area contributed by atoms with Gasteiger partial charge in [-0.1, -0.05) is 11.6 Å². The van der Waals surface area contributed by atoms with Crippen LogP contribution in [0.5, 0.6) is 0 Å². The summed E-state index contributed by atoms with van der Waals surface area (Å²) >= 11 is 9.15. The Morgan fingerprint density at radius 1 is 1.16 bits per heavy atom. The van der Waals surface area contributed by atoms with Crippen LogP contribution in [0.1, 0.15) is 26.4 Å². The van der Waals surface area contributed by atoms with E-state index in [1.165, 1.54) is 15.0 Å². The highest BCUT2D eigenvalue weighted by Gasteiger charge is 2.19. The van der Waals surface area contributed by atoms with Gasteiger partial charge in [-0.2, -0.15) is 0 Å². The third-order valence-corrected chi connectivity index (χ3v) is 5.93. The molecule has 4 heteroatoms. The standard InChI is InChI=1S/C15H11ClOS2/c1-8-7-18-15-12(8)9(2)14(19-15)13(17)10-3-5-11(16)6-4-10/h3-7H,1-2H3. The Morgan fingerprint density at radius 3 is 2.47 bits per heavy atom. The molecule has 0 spiro atoms. The van der Waals surface area contributed by atoms with Gasteiger partial charge in [-0.15, -0.1) is 22.7 Å². The molecule has 1 aromatic carbocycles. The number of rotatable bonds is 2. The normalized spacial score (nSPS) is 11.1. The zero-order chi connectivity index (χ0) is 13.6. The highest BCUT2D eigenvalue weighted by molar-refractivity contribution is 7.38. The second-order valence-corrected chi connectivity index (χ2v) is 7.07. The molecule has 0 bridgehead atoms. The maximum atomic E-state index is 12.5. The van der Waals surface area contributed by atoms with Crippen LogP contribution in [0.2, 0.25) is 5.02 Å². The summed E-state index contributed by atoms with van der Waals surface area (Å²) in [5.74, 6) is 0.0852. The largest absolute Gasteiger partial charge is 0.288 e. The van der Waals surface area contributed by atoms with Gasteiger partial charge in [-0.3, -0.25) is 4.79 Å². The molecule has 0 N–H and O–H groups in total. The summed E-state index contributed by atoms with van der Waals surface area (Å²) in [5, 5.41) is 4.04. The fraction of sp³-hybridized carbons (Fsp3) is 0.133. The molecule has 96 valence electrons. The van der Waals surface area contributed by atoms with Crippen molar-refractivity contribution in [2.24, 2.45) is 0 Å². The van der Waals surface area contributed by atoms with E-state index in [0.29, 0.717) is 10.6 Å². The monoisotopic (exact) mass is 306 g/mol. The number of thiophene rings is 2. The highest BCUT2D eigenvalue weighted by Crippen LogP contribution is 2.38. The van der Waals surface area contributed by atoms with Gasteiger partial charge in [0.15, 0.2) is 0 Å². The molecule has 0 fully saturated rings. The van der Waals surface area contributed by atoms with Crippen molar-refractivity contribution in [3.05, 3.63) is 56.2 Å². The van der Waals surface area contributed by atoms with E-state index in [9.17, 15) is 4.79 Å². The minimum atomic E-state index is 0.0852. The first kappa shape index (κ1) is 12.9. The van der Waals surface area contributed by atoms with Crippen LogP contribution in [-0.4, -0.2) is 5.78 Å². The lowest BCUT2D eigenvalue weighted by Crippen LogP contribution is -2.00. The van der Waals surface area contributed by atoms with Gasteiger partial charge >= 0.3 is 0 Å². The zero-order valence-corrected chi connectivity index (χ0v) is 12.9. The number of carbonyl (C=O) groups excluding carboxylic acids is 1. The first-order chi connectivity index (χ1) is 9.08. The molecule has 0 aliphatic heterocycles. The van der Waals surface area contributed by atoms with E-state index in [2.05, 4.69) is 12.3 Å². The van der Waals surface area contributed by atoms with Gasteiger partial charge in [0.1, 0.15) is 0 Å². The fourth-order valence-electron chi connectivity index (χ4n) is 2.18. The molecular formula is C15H11ClOS2. The van der Waals surface area contributed by atoms with Crippen LogP contribution in [0, 0.1) is 13.8 Å². The molecule has 0 aliphatic rings. The van der Waals surface area contributed by atoms with Crippen LogP contribution in [-0.2, 0) is 0 Å². The lowest BCUT2D eigenvalue weighted by molar-refractivity contribution is 0.104. The van der Waals surface area contributed by atoms with Crippen molar-refractivity contribution >= 4 is 49.5 Å². The van der Waals surface area contributed by atoms with Crippen molar-refractivity contribution in [2.75, 3.05) is 0 Å². The maximum absolute atomic E-state index is 12.5. The molecule has 0 amide bonds. The van der Waals surface area contributed by atoms with Crippen LogP contribution >= 0.6 is 34.3 Å². The number of aryl methyl sites for hydroxylation is 2. The van der Waals surface area contributed by atoms with Crippen LogP contribution in [0.4, 0.5) is 0 Å². The Bertz CT molecular complexity index is 765. The molecule has 3 rings (SSSR count). The fourth-order valence-corrected chi connectivity index (χ4v) is 4.79. The number of hydrogen-bond donors (Lipinski definition) is 0. The number of fused-ring (bicyclic) bond motifs is 1. The first-order valence-corrected chi connectivity index (χ1v) is 7.93. The minimum Gasteiger partial charge on any atom is -0.288 e. The maximum Gasteiger partial charge on any atom is 0.203 e. The van der Waals surface area contributed by atoms with Crippen molar-refractivity contribution in [1.29, 1.82) is 0 Å². The molecule has 3 aromatic rings. The van der Waals surface area contributed by atoms with Gasteiger partial charge in [0.25, 0.3) is 0 Å². The van der Waals surface area contributed by atoms with E-state index in [1.807, 2.05) is 6.92 Å². The van der Waals surface area contributed by atoms with Crippen molar-refractivity contribution < 1.29 is 4.79 Å². The number of carbonyl (C=O) groups is 1. The van der Waals surface area contributed by atoms with Crippen molar-refractivity contribution in [3.8, 4) is 0 Å². The van der Waals surface area contributed by atoms with Crippen molar-refractivity contribution in [2.45, 2.75) is 13.8 Å². The Morgan fingerprint density at radius 2 is 1.84 bits per heavy atom. The molecule has 2 heterocycles. The minimum absolute atomic E-state index is 0.0852. The predicted octanol–water partition coefficient (Wildman–Crippen LogP) is 5.46. The molecule has 0 saturated carbocycles. The quantitative estimate of drug-likeness (QED) is 0.574. The second-order valence-electron chi connectivity index (χ2n) is 4.47. The Hall–Kier alpha value is -1.16. The smallest absolute Gasteiger partial charge is 0.203 e. The van der Waals surface area contributed by atoms with E-state index in [0.717, 1.165) is 10.4 Å². The van der Waals surface area contributed by atoms with Crippen LogP contribution in [0.15, 0.2) is 29.6 Å². The summed E-state index contributed by atoms with van der Waals surface area (Å²) < 4.78 is 1.23. The van der Waals surface area contributed by atoms with E-state index in [1.54, 1.807) is 46.9 Å². The van der Waals surface area contributed by atoms with Crippen LogP contribution in [0.25, 0.3) is 9.40 Å². The van der Waals surface area contributed by atoms with Gasteiger partial charge in [0.05, 0.1) is 8.89 Å². The average molecular weight is 307 g/mol. The van der Waals surface area contributed by atoms with Gasteiger partial charge in [0.2, 0.25) is 5.78 Å². The molecule has 0 unspecified atom stereocenters. The third kappa shape index (κ3) is 2.12. The van der Waals surface area contributed by atoms with Crippen molar-refractivity contribution in [3.63, 3.8) is 0 Å². The Balaban J connectivity index is 2.11. The molecule has 0 aliphatic carbocycles. The summed E-state index contributed by atoms with van der Waals surface area (Å²) in [6, 6.07) is 7.08. The van der Waals surface area contributed by atoms with Gasteiger partial charge in [-0.05, 0) is 54.6 Å². The van der Waals surface area contributed by atoms with E-state index in [-0.39, 0.29) is 5.78 Å². The predicted molar refractivity (Wildman–Crippen MR) is 84.1 cm³/mol. The highest BCUT2D eigenvalue weighted by atomic mass is 35.5. The van der Waals surface area contributed by atoms with Crippen LogP contribution < -0.4 is 0 Å². The molecule has 2 aromatic heterocycles. The van der Waals surface area contributed by atoms with E-state index >= 15 is 0 Å². The van der Waals surface area contributed by atoms with E-state index < -0.39 is 0 Å². The van der Waals surface area contributed by atoms with Crippen LogP contribution in [0.3, 0.4) is 0 Å². The second kappa shape index (κ2) is 4.75. The summed E-state index contributed by atoms with van der Waals surface area (Å²) in [5.41, 5.74) is 3.04. The number of halogens is 1. The van der Waals surface area contributed by atoms with Gasteiger partial charge < -0.3 is 0 Å². The zero-order valence-electron chi connectivity index (χ0n) is 10.5. The topological polar surface area (TPSA) is 17.1 Å². The molecule has 0 atom stereocenters. The lowest BCUT2D eigenvalue weighted by atomic mass is 10.1. The van der Waals surface area contributed by atoms with Gasteiger partial charge in [-0.25, -0.2) is 0 Å². The Kier molecular flexibility index (Phi) is 3.21. The summed E-state index contributed by atoms with van der Waals surface area (Å²) in [4.78, 5) is 13.4. The third-order valence-electron chi connectivity index (χ3n) is 3.16. The SMILES string of the molecule is Cc1csc2sc(C(=O)c3ccc(Cl)cc3)c(C)c12. The molecule has 1 nitrogen and oxygen atoms in total. The summed E-state index contributed by atoms with van der Waals surface area (Å²) in [6.07, 6.45) is 0. The number of ketones is 1. The number of benzene rings is 1. The summed E-state index contributed by atoms with van der Waals surface area (Å²) in [7, 11) is 0. The van der Waals surface area contributed by atoms with Gasteiger partial charge in [0, 0.05) is 16.0 Å². The summed E-state index contributed by atoms with van der Waals surface area (Å²) in [6.45, 7) is 4.12. The molecule has 0 radical (unpaired) electrons. The Labute approximate surface area is 124 Å². The first-order valence-electron chi connectivity index (χ1n) is 5.85. The van der Waals surface area contributed by atoms with E-state index in [4.69, 9.17) is 11.6 Å². The average Bonchev–Trinajstić information content (AvgIpc) is 2.91. The molecule has 19 heavy (non-hydrogen) atoms. The molecular weight excluding hydrogens is 296 g/mol. The lowest BCUT2D eigenvalue weighted by Gasteiger charge is -2.00.